The van der Waals surface area contributed by atoms with E-state index in [9.17, 15) is 9.59 Å². The van der Waals surface area contributed by atoms with Crippen LogP contribution in [0.15, 0.2) is 54.6 Å². The third-order valence-corrected chi connectivity index (χ3v) is 4.34. The fourth-order valence-electron chi connectivity index (χ4n) is 2.92. The third kappa shape index (κ3) is 4.36. The maximum Gasteiger partial charge on any atom is 0.358 e. The summed E-state index contributed by atoms with van der Waals surface area (Å²) < 4.78 is 6.78. The molecule has 6 nitrogen and oxygen atoms in total. The van der Waals surface area contributed by atoms with Crippen molar-refractivity contribution >= 4 is 11.9 Å². The van der Waals surface area contributed by atoms with Crippen molar-refractivity contribution in [1.82, 2.24) is 15.1 Å². The molecule has 29 heavy (non-hydrogen) atoms. The van der Waals surface area contributed by atoms with Crippen LogP contribution in [0.25, 0.3) is 16.9 Å². The number of nitrogens with zero attached hydrogens (tertiary/aromatic N) is 2. The second kappa shape index (κ2) is 8.89. The topological polar surface area (TPSA) is 73.2 Å². The van der Waals surface area contributed by atoms with E-state index < -0.39 is 5.97 Å². The van der Waals surface area contributed by atoms with Crippen molar-refractivity contribution in [3.05, 3.63) is 71.4 Å². The number of aryl methyl sites for hydroxylation is 1. The summed E-state index contributed by atoms with van der Waals surface area (Å²) in [4.78, 5) is 24.3. The Morgan fingerprint density at radius 3 is 2.55 bits per heavy atom. The Morgan fingerprint density at radius 2 is 1.90 bits per heavy atom. The van der Waals surface area contributed by atoms with E-state index >= 15 is 0 Å². The van der Waals surface area contributed by atoms with Crippen LogP contribution in [0.3, 0.4) is 0 Å². The highest BCUT2D eigenvalue weighted by molar-refractivity contribution is 5.94. The summed E-state index contributed by atoms with van der Waals surface area (Å²) in [5.74, 6) is 1.64. The molecular formula is C23H21N3O3. The highest BCUT2D eigenvalue weighted by Crippen LogP contribution is 2.27. The van der Waals surface area contributed by atoms with E-state index in [0.717, 1.165) is 16.8 Å². The zero-order valence-electron chi connectivity index (χ0n) is 16.3. The van der Waals surface area contributed by atoms with Gasteiger partial charge in [0.2, 0.25) is 0 Å². The van der Waals surface area contributed by atoms with Gasteiger partial charge in [0, 0.05) is 11.1 Å². The van der Waals surface area contributed by atoms with Gasteiger partial charge in [-0.05, 0) is 49.7 Å². The fraction of sp³-hybridized carbons (Fsp3) is 0.174. The van der Waals surface area contributed by atoms with E-state index in [0.29, 0.717) is 11.3 Å². The molecule has 0 aliphatic rings. The highest BCUT2D eigenvalue weighted by atomic mass is 16.5. The molecule has 0 bridgehead atoms. The van der Waals surface area contributed by atoms with E-state index in [-0.39, 0.29) is 24.8 Å². The highest BCUT2D eigenvalue weighted by Gasteiger charge is 2.18. The number of benzene rings is 2. The fourth-order valence-corrected chi connectivity index (χ4v) is 2.92. The number of esters is 1. The molecule has 3 rings (SSSR count). The zero-order chi connectivity index (χ0) is 20.8. The predicted molar refractivity (Wildman–Crippen MR) is 111 cm³/mol. The molecule has 0 saturated heterocycles. The molecule has 0 saturated carbocycles. The first kappa shape index (κ1) is 19.9. The number of terminal acetylenes is 1. The normalized spacial score (nSPS) is 10.2. The Kier molecular flexibility index (Phi) is 6.10. The average Bonchev–Trinajstić information content (AvgIpc) is 3.18. The number of hydrogen-bond acceptors (Lipinski definition) is 4. The van der Waals surface area contributed by atoms with Crippen molar-refractivity contribution in [1.29, 1.82) is 0 Å². The van der Waals surface area contributed by atoms with Crippen LogP contribution >= 0.6 is 0 Å². The van der Waals surface area contributed by atoms with Gasteiger partial charge in [-0.25, -0.2) is 9.48 Å². The number of nitrogens with one attached hydrogen (secondary N) is 1. The van der Waals surface area contributed by atoms with E-state index in [4.69, 9.17) is 11.2 Å². The summed E-state index contributed by atoms with van der Waals surface area (Å²) in [7, 11) is 0. The third-order valence-electron chi connectivity index (χ3n) is 4.34. The second-order valence-corrected chi connectivity index (χ2v) is 6.30. The minimum absolute atomic E-state index is 0.167. The van der Waals surface area contributed by atoms with Crippen LogP contribution in [0.4, 0.5) is 0 Å². The average molecular weight is 387 g/mol. The first-order valence-electron chi connectivity index (χ1n) is 9.20. The molecule has 146 valence electrons. The molecule has 6 heteroatoms. The van der Waals surface area contributed by atoms with Gasteiger partial charge in [-0.2, -0.15) is 5.10 Å². The molecule has 0 unspecified atom stereocenters. The number of carbonyl (C=O) groups excluding carboxylic acids is 2. The molecule has 2 aromatic carbocycles. The lowest BCUT2D eigenvalue weighted by Crippen LogP contribution is -2.23. The van der Waals surface area contributed by atoms with Gasteiger partial charge in [-0.1, -0.05) is 30.2 Å². The maximum atomic E-state index is 12.2. The number of ether oxygens (including phenoxy) is 1. The van der Waals surface area contributed by atoms with Gasteiger partial charge in [-0.3, -0.25) is 4.79 Å². The maximum absolute atomic E-state index is 12.2. The zero-order valence-corrected chi connectivity index (χ0v) is 16.3. The van der Waals surface area contributed by atoms with E-state index in [1.165, 1.54) is 0 Å². The summed E-state index contributed by atoms with van der Waals surface area (Å²) in [5.41, 5.74) is 4.18. The van der Waals surface area contributed by atoms with Crippen molar-refractivity contribution < 1.29 is 14.3 Å². The standard InChI is InChI=1S/C23H21N3O3/c1-4-14-24-22(27)17-10-12-18(13-11-17)26-21(19-9-7-6-8-16(19)3)15-20(25-26)23(28)29-5-2/h1,6-13,15H,5,14H2,2-3H3,(H,24,27). The van der Waals surface area contributed by atoms with Crippen LogP contribution in [0.1, 0.15) is 33.3 Å². The number of hydrogen-bond donors (Lipinski definition) is 1. The number of aromatic nitrogens is 2. The molecule has 1 heterocycles. The quantitative estimate of drug-likeness (QED) is 0.520. The number of carbonyl (C=O) groups is 2. The van der Waals surface area contributed by atoms with Crippen molar-refractivity contribution in [3.63, 3.8) is 0 Å². The largest absolute Gasteiger partial charge is 0.461 e. The molecular weight excluding hydrogens is 366 g/mol. The van der Waals surface area contributed by atoms with Gasteiger partial charge in [0.1, 0.15) is 0 Å². The van der Waals surface area contributed by atoms with Crippen LogP contribution in [0.5, 0.6) is 0 Å². The summed E-state index contributed by atoms with van der Waals surface area (Å²) in [6.45, 7) is 4.18. The van der Waals surface area contributed by atoms with Crippen LogP contribution in [-0.4, -0.2) is 34.8 Å². The summed E-state index contributed by atoms with van der Waals surface area (Å²) in [5, 5.41) is 7.08. The molecule has 0 aliphatic carbocycles. The van der Waals surface area contributed by atoms with Crippen LogP contribution in [0, 0.1) is 19.3 Å². The van der Waals surface area contributed by atoms with Gasteiger partial charge in [-0.15, -0.1) is 6.42 Å². The Bertz CT molecular complexity index is 1080. The Labute approximate surface area is 169 Å². The van der Waals surface area contributed by atoms with Crippen molar-refractivity contribution in [3.8, 4) is 29.3 Å². The molecule has 0 atom stereocenters. The Morgan fingerprint density at radius 1 is 1.17 bits per heavy atom. The molecule has 0 aliphatic heterocycles. The first-order chi connectivity index (χ1) is 14.0. The molecule has 1 aromatic heterocycles. The molecule has 0 spiro atoms. The molecule has 1 N–H and O–H groups in total. The van der Waals surface area contributed by atoms with Gasteiger partial charge >= 0.3 is 5.97 Å². The molecule has 0 fully saturated rings. The SMILES string of the molecule is C#CCNC(=O)c1ccc(-n2nc(C(=O)OCC)cc2-c2ccccc2C)cc1. The number of rotatable bonds is 6. The molecule has 0 radical (unpaired) electrons. The van der Waals surface area contributed by atoms with E-state index in [2.05, 4.69) is 16.3 Å². The van der Waals surface area contributed by atoms with Crippen LogP contribution < -0.4 is 5.32 Å². The monoisotopic (exact) mass is 387 g/mol. The Hall–Kier alpha value is -3.85. The van der Waals surface area contributed by atoms with Crippen molar-refractivity contribution in [2.24, 2.45) is 0 Å². The second-order valence-electron chi connectivity index (χ2n) is 6.30. The number of amides is 1. The lowest BCUT2D eigenvalue weighted by molar-refractivity contribution is 0.0519. The Balaban J connectivity index is 2.03. The van der Waals surface area contributed by atoms with Crippen LogP contribution in [-0.2, 0) is 4.74 Å². The predicted octanol–water partition coefficient (Wildman–Crippen LogP) is 3.39. The van der Waals surface area contributed by atoms with Gasteiger partial charge in [0.05, 0.1) is 24.5 Å². The minimum atomic E-state index is -0.480. The minimum Gasteiger partial charge on any atom is -0.461 e. The van der Waals surface area contributed by atoms with E-state index in [1.54, 1.807) is 41.9 Å². The lowest BCUT2D eigenvalue weighted by atomic mass is 10.1. The van der Waals surface area contributed by atoms with Gasteiger partial charge in [0.25, 0.3) is 5.91 Å². The van der Waals surface area contributed by atoms with Crippen molar-refractivity contribution in [2.45, 2.75) is 13.8 Å². The summed E-state index contributed by atoms with van der Waals surface area (Å²) in [6, 6.07) is 16.5. The summed E-state index contributed by atoms with van der Waals surface area (Å²) in [6.07, 6.45) is 5.17. The summed E-state index contributed by atoms with van der Waals surface area (Å²) >= 11 is 0. The van der Waals surface area contributed by atoms with Gasteiger partial charge in [0.15, 0.2) is 5.69 Å². The molecule has 3 aromatic rings. The lowest BCUT2D eigenvalue weighted by Gasteiger charge is -2.10. The first-order valence-corrected chi connectivity index (χ1v) is 9.20. The smallest absolute Gasteiger partial charge is 0.358 e. The van der Waals surface area contributed by atoms with Crippen molar-refractivity contribution in [2.75, 3.05) is 13.2 Å². The van der Waals surface area contributed by atoms with Crippen LogP contribution in [0.2, 0.25) is 0 Å². The molecule has 1 amide bonds. The van der Waals surface area contributed by atoms with E-state index in [1.807, 2.05) is 31.2 Å². The van der Waals surface area contributed by atoms with Gasteiger partial charge < -0.3 is 10.1 Å².